The number of nitrogens with zero attached hydrogens (tertiary/aromatic N) is 2. The van der Waals surface area contributed by atoms with Gasteiger partial charge in [-0.15, -0.1) is 0 Å². The molecule has 108 valence electrons. The van der Waals surface area contributed by atoms with Crippen molar-refractivity contribution in [2.45, 2.75) is 38.4 Å². The molecule has 1 fully saturated rings. The van der Waals surface area contributed by atoms with E-state index in [2.05, 4.69) is 12.2 Å². The topological polar surface area (TPSA) is 75.5 Å². The number of likely N-dealkylation sites (N-methyl/N-ethyl adjacent to an activating group) is 1. The van der Waals surface area contributed by atoms with Gasteiger partial charge in [0.15, 0.2) is 0 Å². The molecule has 1 aliphatic heterocycles. The van der Waals surface area contributed by atoms with Crippen molar-refractivity contribution in [3.8, 4) is 0 Å². The molecule has 0 spiro atoms. The fourth-order valence-corrected chi connectivity index (χ4v) is 2.49. The highest BCUT2D eigenvalue weighted by Gasteiger charge is 2.36. The molecule has 20 heavy (non-hydrogen) atoms. The molecule has 1 N–H and O–H groups in total. The van der Waals surface area contributed by atoms with Gasteiger partial charge in [-0.05, 0) is 12.0 Å². The van der Waals surface area contributed by atoms with E-state index in [-0.39, 0.29) is 23.8 Å². The number of amides is 1. The molecule has 0 saturated carbocycles. The Balaban J connectivity index is 2.18. The van der Waals surface area contributed by atoms with Gasteiger partial charge < -0.3 is 4.90 Å². The van der Waals surface area contributed by atoms with E-state index in [0.29, 0.717) is 0 Å². The molecule has 0 aliphatic carbocycles. The zero-order valence-electron chi connectivity index (χ0n) is 11.7. The average molecular weight is 277 g/mol. The Kier molecular flexibility index (Phi) is 4.34. The van der Waals surface area contributed by atoms with Gasteiger partial charge in [0.05, 0.1) is 11.0 Å². The molecule has 2 atom stereocenters. The zero-order valence-corrected chi connectivity index (χ0v) is 11.7. The van der Waals surface area contributed by atoms with E-state index in [0.717, 1.165) is 24.8 Å². The Hall–Kier alpha value is -1.95. The van der Waals surface area contributed by atoms with E-state index >= 15 is 0 Å². The van der Waals surface area contributed by atoms with Crippen LogP contribution in [0.1, 0.15) is 37.9 Å². The molecule has 1 amide bonds. The summed E-state index contributed by atoms with van der Waals surface area (Å²) in [7, 11) is 1.73. The summed E-state index contributed by atoms with van der Waals surface area (Å²) in [6.07, 6.45) is 2.53. The second kappa shape index (κ2) is 6.00. The molecule has 1 heterocycles. The van der Waals surface area contributed by atoms with E-state index < -0.39 is 4.92 Å². The van der Waals surface area contributed by atoms with Gasteiger partial charge in [-0.2, -0.15) is 0 Å². The third-order valence-electron chi connectivity index (χ3n) is 3.64. The number of hydrogen-bond acceptors (Lipinski definition) is 4. The quantitative estimate of drug-likeness (QED) is 0.661. The van der Waals surface area contributed by atoms with Crippen molar-refractivity contribution in [3.63, 3.8) is 0 Å². The fraction of sp³-hybridized carbons (Fsp3) is 0.500. The molecule has 1 saturated heterocycles. The first-order valence-electron chi connectivity index (χ1n) is 6.81. The van der Waals surface area contributed by atoms with Gasteiger partial charge in [0, 0.05) is 19.2 Å². The number of carbonyl (C=O) groups is 1. The lowest BCUT2D eigenvalue weighted by Gasteiger charge is -2.19. The molecule has 0 radical (unpaired) electrons. The van der Waals surface area contributed by atoms with E-state index in [1.54, 1.807) is 24.1 Å². The normalized spacial score (nSPS) is 22.3. The van der Waals surface area contributed by atoms with Crippen molar-refractivity contribution < 1.29 is 9.72 Å². The lowest BCUT2D eigenvalue weighted by Crippen LogP contribution is -2.28. The molecular weight excluding hydrogens is 258 g/mol. The summed E-state index contributed by atoms with van der Waals surface area (Å²) in [5, 5.41) is 14.1. The second-order valence-corrected chi connectivity index (χ2v) is 5.07. The van der Waals surface area contributed by atoms with Crippen molar-refractivity contribution >= 4 is 11.6 Å². The third kappa shape index (κ3) is 2.80. The van der Waals surface area contributed by atoms with E-state index in [1.165, 1.54) is 12.1 Å². The zero-order chi connectivity index (χ0) is 14.7. The summed E-state index contributed by atoms with van der Waals surface area (Å²) in [6, 6.07) is 6.23. The summed E-state index contributed by atoms with van der Waals surface area (Å²) in [6.45, 7) is 2.08. The van der Waals surface area contributed by atoms with E-state index in [9.17, 15) is 14.9 Å². The number of hydrogen-bond donors (Lipinski definition) is 1. The Bertz CT molecular complexity index is 518. The smallest absolute Gasteiger partial charge is 0.269 e. The lowest BCUT2D eigenvalue weighted by atomic mass is 10.1. The highest BCUT2D eigenvalue weighted by Crippen LogP contribution is 2.27. The monoisotopic (exact) mass is 277 g/mol. The highest BCUT2D eigenvalue weighted by molar-refractivity contribution is 5.84. The second-order valence-electron chi connectivity index (χ2n) is 5.07. The van der Waals surface area contributed by atoms with E-state index in [1.807, 2.05) is 0 Å². The Labute approximate surface area is 117 Å². The van der Waals surface area contributed by atoms with Crippen LogP contribution in [-0.4, -0.2) is 28.8 Å². The largest absolute Gasteiger partial charge is 0.325 e. The number of nitro benzene ring substituents is 1. The molecule has 0 bridgehead atoms. The average Bonchev–Trinajstić information content (AvgIpc) is 2.73. The predicted molar refractivity (Wildman–Crippen MR) is 75.1 cm³/mol. The predicted octanol–water partition coefficient (Wildman–Crippen LogP) is 2.21. The van der Waals surface area contributed by atoms with Crippen LogP contribution in [0, 0.1) is 10.1 Å². The van der Waals surface area contributed by atoms with Crippen LogP contribution < -0.4 is 5.32 Å². The summed E-state index contributed by atoms with van der Waals surface area (Å²) >= 11 is 0. The van der Waals surface area contributed by atoms with Crippen LogP contribution in [0.25, 0.3) is 0 Å². The van der Waals surface area contributed by atoms with Crippen LogP contribution in [0.5, 0.6) is 0 Å². The molecule has 0 aromatic heterocycles. The number of nitrogens with one attached hydrogen (secondary N) is 1. The summed E-state index contributed by atoms with van der Waals surface area (Å²) in [4.78, 5) is 24.2. The van der Waals surface area contributed by atoms with Crippen molar-refractivity contribution in [2.75, 3.05) is 7.05 Å². The van der Waals surface area contributed by atoms with Crippen LogP contribution >= 0.6 is 0 Å². The summed E-state index contributed by atoms with van der Waals surface area (Å²) in [5.74, 6) is 0.0509. The molecular formula is C14H19N3O3. The van der Waals surface area contributed by atoms with Crippen molar-refractivity contribution in [1.82, 2.24) is 10.2 Å². The van der Waals surface area contributed by atoms with Gasteiger partial charge in [0.1, 0.15) is 6.17 Å². The molecule has 6 heteroatoms. The van der Waals surface area contributed by atoms with Crippen LogP contribution in [-0.2, 0) is 4.79 Å². The highest BCUT2D eigenvalue weighted by atomic mass is 16.6. The van der Waals surface area contributed by atoms with Crippen molar-refractivity contribution in [3.05, 3.63) is 39.9 Å². The Morgan fingerprint density at radius 1 is 1.45 bits per heavy atom. The summed E-state index contributed by atoms with van der Waals surface area (Å²) in [5.41, 5.74) is 0.788. The van der Waals surface area contributed by atoms with Gasteiger partial charge in [0.25, 0.3) is 5.69 Å². The number of unbranched alkanes of at least 4 members (excludes halogenated alkanes) is 1. The van der Waals surface area contributed by atoms with Gasteiger partial charge in [0.2, 0.25) is 5.91 Å². The maximum atomic E-state index is 12.1. The first-order valence-corrected chi connectivity index (χ1v) is 6.81. The Morgan fingerprint density at radius 3 is 2.85 bits per heavy atom. The Morgan fingerprint density at radius 2 is 2.20 bits per heavy atom. The molecule has 6 nitrogen and oxygen atoms in total. The molecule has 1 aliphatic rings. The SMILES string of the molecule is CCCCC1NC(c2cccc([N+](=O)[O-])c2)N(C)C1=O. The van der Waals surface area contributed by atoms with Gasteiger partial charge in [-0.3, -0.25) is 20.2 Å². The summed E-state index contributed by atoms with van der Waals surface area (Å²) < 4.78 is 0. The first kappa shape index (κ1) is 14.5. The number of benzene rings is 1. The number of nitro groups is 1. The van der Waals surface area contributed by atoms with Gasteiger partial charge in [-0.1, -0.05) is 31.9 Å². The van der Waals surface area contributed by atoms with Crippen LogP contribution in [0.3, 0.4) is 0 Å². The van der Waals surface area contributed by atoms with Gasteiger partial charge >= 0.3 is 0 Å². The molecule has 2 unspecified atom stereocenters. The molecule has 1 aromatic rings. The minimum atomic E-state index is -0.422. The first-order chi connectivity index (χ1) is 9.54. The lowest BCUT2D eigenvalue weighted by molar-refractivity contribution is -0.385. The van der Waals surface area contributed by atoms with Gasteiger partial charge in [-0.25, -0.2) is 0 Å². The third-order valence-corrected chi connectivity index (χ3v) is 3.64. The van der Waals surface area contributed by atoms with Crippen molar-refractivity contribution in [1.29, 1.82) is 0 Å². The van der Waals surface area contributed by atoms with Crippen LogP contribution in [0.15, 0.2) is 24.3 Å². The maximum absolute atomic E-state index is 12.1. The minimum absolute atomic E-state index is 0.0437. The molecule has 1 aromatic carbocycles. The molecule has 2 rings (SSSR count). The van der Waals surface area contributed by atoms with Crippen LogP contribution in [0.2, 0.25) is 0 Å². The maximum Gasteiger partial charge on any atom is 0.269 e. The standard InChI is InChI=1S/C14H19N3O3/c1-3-4-8-12-14(18)16(2)13(15-12)10-6-5-7-11(9-10)17(19)20/h5-7,9,12-13,15H,3-4,8H2,1-2H3. The van der Waals surface area contributed by atoms with Crippen LogP contribution in [0.4, 0.5) is 5.69 Å². The fourth-order valence-electron chi connectivity index (χ4n) is 2.49. The number of non-ortho nitro benzene ring substituents is 1. The number of carbonyl (C=O) groups excluding carboxylic acids is 1. The van der Waals surface area contributed by atoms with E-state index in [4.69, 9.17) is 0 Å². The minimum Gasteiger partial charge on any atom is -0.325 e. The number of rotatable bonds is 5. The van der Waals surface area contributed by atoms with Crippen molar-refractivity contribution in [2.24, 2.45) is 0 Å².